The molecule has 1 N–H and O–H groups in total. The Labute approximate surface area is 153 Å². The summed E-state index contributed by atoms with van der Waals surface area (Å²) in [5.41, 5.74) is 0.883. The zero-order valence-corrected chi connectivity index (χ0v) is 14.7. The predicted molar refractivity (Wildman–Crippen MR) is 94.7 cm³/mol. The Kier molecular flexibility index (Phi) is 6.13. The number of nitrogens with zero attached hydrogens (tertiary/aromatic N) is 1. The predicted octanol–water partition coefficient (Wildman–Crippen LogP) is 3.36. The van der Waals surface area contributed by atoms with Gasteiger partial charge in [0.25, 0.3) is 5.91 Å². The lowest BCUT2D eigenvalue weighted by Crippen LogP contribution is -2.21. The molecule has 9 heteroatoms. The Morgan fingerprint density at radius 3 is 2.58 bits per heavy atom. The summed E-state index contributed by atoms with van der Waals surface area (Å²) in [4.78, 5) is 33.9. The maximum atomic E-state index is 12.0. The Bertz CT molecular complexity index is 868. The molecule has 2 rings (SSSR count). The van der Waals surface area contributed by atoms with Gasteiger partial charge < -0.3 is 14.8 Å². The van der Waals surface area contributed by atoms with E-state index in [1.54, 1.807) is 25.1 Å². The number of aryl methyl sites for hydroxylation is 1. The van der Waals surface area contributed by atoms with Crippen LogP contribution in [0.5, 0.6) is 5.75 Å². The molecule has 0 heterocycles. The number of carbonyl (C=O) groups excluding carboxylic acids is 2. The second-order valence-electron chi connectivity index (χ2n) is 5.23. The quantitative estimate of drug-likeness (QED) is 0.469. The number of esters is 1. The molecule has 0 unspecified atom stereocenters. The van der Waals surface area contributed by atoms with Gasteiger partial charge in [-0.25, -0.2) is 4.79 Å². The highest BCUT2D eigenvalue weighted by Crippen LogP contribution is 2.28. The SMILES string of the molecule is COC(=O)c1ccc(OCC(=O)Nc2ccc(Cl)cc2C)c([N+](=O)[O-])c1. The van der Waals surface area contributed by atoms with Crippen molar-refractivity contribution in [2.45, 2.75) is 6.92 Å². The molecule has 2 aromatic carbocycles. The van der Waals surface area contributed by atoms with Crippen molar-refractivity contribution in [1.29, 1.82) is 0 Å². The molecule has 8 nitrogen and oxygen atoms in total. The van der Waals surface area contributed by atoms with E-state index in [1.165, 1.54) is 19.2 Å². The molecule has 0 aromatic heterocycles. The summed E-state index contributed by atoms with van der Waals surface area (Å²) in [5, 5.41) is 14.3. The van der Waals surface area contributed by atoms with Crippen LogP contribution in [0.1, 0.15) is 15.9 Å². The van der Waals surface area contributed by atoms with E-state index in [-0.39, 0.29) is 11.3 Å². The van der Waals surface area contributed by atoms with Crippen LogP contribution < -0.4 is 10.1 Å². The van der Waals surface area contributed by atoms with E-state index in [0.717, 1.165) is 11.6 Å². The number of amides is 1. The Morgan fingerprint density at radius 2 is 1.96 bits per heavy atom. The zero-order valence-electron chi connectivity index (χ0n) is 13.9. The molecule has 0 spiro atoms. The number of nitro groups is 1. The summed E-state index contributed by atoms with van der Waals surface area (Å²) in [6.45, 7) is 1.33. The van der Waals surface area contributed by atoms with Gasteiger partial charge in [0, 0.05) is 16.8 Å². The van der Waals surface area contributed by atoms with Gasteiger partial charge in [0.05, 0.1) is 17.6 Å². The lowest BCUT2D eigenvalue weighted by molar-refractivity contribution is -0.385. The highest BCUT2D eigenvalue weighted by atomic mass is 35.5. The fraction of sp³-hybridized carbons (Fsp3) is 0.176. The third-order valence-corrected chi connectivity index (χ3v) is 3.63. The molecule has 0 radical (unpaired) electrons. The van der Waals surface area contributed by atoms with Crippen LogP contribution in [-0.2, 0) is 9.53 Å². The number of halogens is 1. The first-order valence-electron chi connectivity index (χ1n) is 7.37. The molecule has 26 heavy (non-hydrogen) atoms. The van der Waals surface area contributed by atoms with Crippen LogP contribution in [0.2, 0.25) is 5.02 Å². The number of hydrogen-bond donors (Lipinski definition) is 1. The fourth-order valence-corrected chi connectivity index (χ4v) is 2.35. The van der Waals surface area contributed by atoms with Crippen LogP contribution in [0.3, 0.4) is 0 Å². The van der Waals surface area contributed by atoms with Crippen molar-refractivity contribution in [3.05, 3.63) is 62.7 Å². The number of methoxy groups -OCH3 is 1. The highest BCUT2D eigenvalue weighted by molar-refractivity contribution is 6.30. The van der Waals surface area contributed by atoms with Gasteiger partial charge in [-0.1, -0.05) is 11.6 Å². The summed E-state index contributed by atoms with van der Waals surface area (Å²) in [7, 11) is 1.17. The fourth-order valence-electron chi connectivity index (χ4n) is 2.12. The van der Waals surface area contributed by atoms with Gasteiger partial charge in [0.2, 0.25) is 0 Å². The van der Waals surface area contributed by atoms with E-state index in [2.05, 4.69) is 10.1 Å². The van der Waals surface area contributed by atoms with Crippen LogP contribution in [0.15, 0.2) is 36.4 Å². The van der Waals surface area contributed by atoms with Gasteiger partial charge in [-0.3, -0.25) is 14.9 Å². The van der Waals surface area contributed by atoms with Gasteiger partial charge in [0.1, 0.15) is 0 Å². The number of carbonyl (C=O) groups is 2. The molecule has 0 saturated carbocycles. The molecule has 0 aliphatic carbocycles. The molecule has 0 aliphatic rings. The Hall–Kier alpha value is -3.13. The third-order valence-electron chi connectivity index (χ3n) is 3.40. The lowest BCUT2D eigenvalue weighted by Gasteiger charge is -2.10. The van der Waals surface area contributed by atoms with E-state index in [4.69, 9.17) is 16.3 Å². The summed E-state index contributed by atoms with van der Waals surface area (Å²) >= 11 is 5.85. The van der Waals surface area contributed by atoms with Gasteiger partial charge in [-0.05, 0) is 42.8 Å². The third kappa shape index (κ3) is 4.70. The van der Waals surface area contributed by atoms with Crippen LogP contribution in [0.25, 0.3) is 0 Å². The standard InChI is InChI=1S/C17H15ClN2O6/c1-10-7-12(18)4-5-13(10)19-16(21)9-26-15-6-3-11(17(22)25-2)8-14(15)20(23)24/h3-8H,9H2,1-2H3,(H,19,21). The van der Waals surface area contributed by atoms with Crippen molar-refractivity contribution in [1.82, 2.24) is 0 Å². The van der Waals surface area contributed by atoms with E-state index < -0.39 is 29.1 Å². The van der Waals surface area contributed by atoms with E-state index in [9.17, 15) is 19.7 Å². The maximum Gasteiger partial charge on any atom is 0.338 e. The number of hydrogen-bond acceptors (Lipinski definition) is 6. The summed E-state index contributed by atoms with van der Waals surface area (Å²) in [6, 6.07) is 8.54. The molecule has 1 amide bonds. The van der Waals surface area contributed by atoms with Crippen molar-refractivity contribution in [3.8, 4) is 5.75 Å². The number of rotatable bonds is 6. The topological polar surface area (TPSA) is 108 Å². The minimum absolute atomic E-state index is 0.00721. The van der Waals surface area contributed by atoms with Crippen molar-refractivity contribution in [2.24, 2.45) is 0 Å². The van der Waals surface area contributed by atoms with Crippen LogP contribution in [-0.4, -0.2) is 30.5 Å². The molecule has 0 atom stereocenters. The van der Waals surface area contributed by atoms with Gasteiger partial charge in [0.15, 0.2) is 12.4 Å². The number of anilines is 1. The van der Waals surface area contributed by atoms with Crippen molar-refractivity contribution >= 4 is 34.9 Å². The molecule has 136 valence electrons. The Morgan fingerprint density at radius 1 is 1.23 bits per heavy atom. The molecular formula is C17H15ClN2O6. The highest BCUT2D eigenvalue weighted by Gasteiger charge is 2.20. The van der Waals surface area contributed by atoms with E-state index in [0.29, 0.717) is 10.7 Å². The zero-order chi connectivity index (χ0) is 19.3. The first kappa shape index (κ1) is 19.2. The number of ether oxygens (including phenoxy) is 2. The monoisotopic (exact) mass is 378 g/mol. The molecular weight excluding hydrogens is 364 g/mol. The van der Waals surface area contributed by atoms with Gasteiger partial charge >= 0.3 is 11.7 Å². The first-order valence-corrected chi connectivity index (χ1v) is 7.75. The minimum Gasteiger partial charge on any atom is -0.477 e. The smallest absolute Gasteiger partial charge is 0.338 e. The van der Waals surface area contributed by atoms with Crippen LogP contribution >= 0.6 is 11.6 Å². The van der Waals surface area contributed by atoms with E-state index >= 15 is 0 Å². The van der Waals surface area contributed by atoms with Crippen LogP contribution in [0, 0.1) is 17.0 Å². The normalized spacial score (nSPS) is 10.1. The number of nitrogens with one attached hydrogen (secondary N) is 1. The van der Waals surface area contributed by atoms with Crippen molar-refractivity contribution in [2.75, 3.05) is 19.0 Å². The summed E-state index contributed by atoms with van der Waals surface area (Å²) in [6.07, 6.45) is 0. The first-order chi connectivity index (χ1) is 12.3. The molecule has 0 aliphatic heterocycles. The maximum absolute atomic E-state index is 12.0. The second-order valence-corrected chi connectivity index (χ2v) is 5.66. The van der Waals surface area contributed by atoms with Crippen molar-refractivity contribution in [3.63, 3.8) is 0 Å². The second kappa shape index (κ2) is 8.30. The molecule has 0 bridgehead atoms. The lowest BCUT2D eigenvalue weighted by atomic mass is 10.2. The summed E-state index contributed by atoms with van der Waals surface area (Å²) in [5.74, 6) is -1.34. The van der Waals surface area contributed by atoms with Crippen LogP contribution in [0.4, 0.5) is 11.4 Å². The van der Waals surface area contributed by atoms with Crippen molar-refractivity contribution < 1.29 is 24.0 Å². The van der Waals surface area contributed by atoms with Gasteiger partial charge in [-0.15, -0.1) is 0 Å². The molecule has 0 fully saturated rings. The largest absolute Gasteiger partial charge is 0.477 e. The van der Waals surface area contributed by atoms with Gasteiger partial charge in [-0.2, -0.15) is 0 Å². The molecule has 0 saturated heterocycles. The average Bonchev–Trinajstić information content (AvgIpc) is 2.61. The van der Waals surface area contributed by atoms with E-state index in [1.807, 2.05) is 0 Å². The average molecular weight is 379 g/mol. The summed E-state index contributed by atoms with van der Waals surface area (Å²) < 4.78 is 9.75. The Balaban J connectivity index is 2.09. The number of nitro benzene ring substituents is 1. The minimum atomic E-state index is -0.712. The number of benzene rings is 2. The molecule has 2 aromatic rings.